The minimum Gasteiger partial charge on any atom is -0.492 e. The first kappa shape index (κ1) is 24.1. The molecule has 34 heavy (non-hydrogen) atoms. The number of hydrogen-bond donors (Lipinski definition) is 0. The van der Waals surface area contributed by atoms with E-state index in [0.29, 0.717) is 4.91 Å². The average Bonchev–Trinajstić information content (AvgIpc) is 3.05. The van der Waals surface area contributed by atoms with Crippen LogP contribution in [0.25, 0.3) is 11.6 Å². The minimum atomic E-state index is -0.263. The van der Waals surface area contributed by atoms with Gasteiger partial charge in [0.15, 0.2) is 0 Å². The molecule has 2 amide bonds. The summed E-state index contributed by atoms with van der Waals surface area (Å²) in [5.74, 6) is 0.465. The molecule has 0 aliphatic carbocycles. The normalized spacial score (nSPS) is 18.4. The summed E-state index contributed by atoms with van der Waals surface area (Å²) in [5, 5.41) is -0.256. The molecule has 2 aromatic carbocycles. The molecule has 5 nitrogen and oxygen atoms in total. The van der Waals surface area contributed by atoms with Crippen LogP contribution in [0.5, 0.6) is 5.75 Å². The summed E-state index contributed by atoms with van der Waals surface area (Å²) in [6.07, 6.45) is 5.19. The van der Waals surface area contributed by atoms with Crippen molar-refractivity contribution in [1.29, 1.82) is 0 Å². The zero-order valence-electron chi connectivity index (χ0n) is 20.6. The molecular weight excluding hydrogens is 444 g/mol. The van der Waals surface area contributed by atoms with Crippen molar-refractivity contribution < 1.29 is 14.3 Å². The van der Waals surface area contributed by atoms with Gasteiger partial charge in [0, 0.05) is 17.8 Å². The largest absolute Gasteiger partial charge is 0.492 e. The lowest BCUT2D eigenvalue weighted by atomic mass is 9.88. The third-order valence-electron chi connectivity index (χ3n) is 6.22. The zero-order valence-corrected chi connectivity index (χ0v) is 21.4. The van der Waals surface area contributed by atoms with Gasteiger partial charge in [-0.05, 0) is 87.4 Å². The van der Waals surface area contributed by atoms with E-state index in [2.05, 4.69) is 50.8 Å². The Morgan fingerprint density at radius 3 is 2.47 bits per heavy atom. The molecule has 0 atom stereocenters. The highest BCUT2D eigenvalue weighted by molar-refractivity contribution is 8.18. The number of benzene rings is 2. The quantitative estimate of drug-likeness (QED) is 0.426. The molecule has 0 aromatic heterocycles. The molecule has 2 aromatic rings. The first-order chi connectivity index (χ1) is 16.2. The van der Waals surface area contributed by atoms with Gasteiger partial charge in [0.25, 0.3) is 11.1 Å². The number of nitrogens with zero attached hydrogens (tertiary/aromatic N) is 2. The lowest BCUT2D eigenvalue weighted by Crippen LogP contribution is -2.45. The highest BCUT2D eigenvalue weighted by atomic mass is 32.2. The molecule has 0 unspecified atom stereocenters. The molecule has 0 bridgehead atoms. The Kier molecular flexibility index (Phi) is 6.89. The second kappa shape index (κ2) is 9.71. The molecular formula is C28H32N2O3S. The van der Waals surface area contributed by atoms with E-state index in [1.54, 1.807) is 0 Å². The molecule has 0 saturated carbocycles. The lowest BCUT2D eigenvalue weighted by molar-refractivity contribution is -0.123. The van der Waals surface area contributed by atoms with Gasteiger partial charge in [-0.3, -0.25) is 14.5 Å². The molecule has 178 valence electrons. The zero-order chi connectivity index (χ0) is 24.5. The smallest absolute Gasteiger partial charge is 0.293 e. The Morgan fingerprint density at radius 2 is 1.76 bits per heavy atom. The van der Waals surface area contributed by atoms with Gasteiger partial charge in [-0.15, -0.1) is 0 Å². The van der Waals surface area contributed by atoms with Crippen LogP contribution in [-0.4, -0.2) is 41.3 Å². The second-order valence-electron chi connectivity index (χ2n) is 9.40. The van der Waals surface area contributed by atoms with E-state index >= 15 is 0 Å². The average molecular weight is 477 g/mol. The molecule has 0 radical (unpaired) electrons. The van der Waals surface area contributed by atoms with Crippen LogP contribution < -0.4 is 9.64 Å². The first-order valence-corrected chi connectivity index (χ1v) is 12.6. The molecule has 0 N–H and O–H groups in total. The molecule has 2 aliphatic heterocycles. The number of fused-ring (bicyclic) bond motifs is 1. The van der Waals surface area contributed by atoms with Crippen molar-refractivity contribution in [2.24, 2.45) is 0 Å². The van der Waals surface area contributed by atoms with E-state index in [1.165, 1.54) is 21.7 Å². The van der Waals surface area contributed by atoms with E-state index in [1.807, 2.05) is 43.3 Å². The van der Waals surface area contributed by atoms with Gasteiger partial charge in [-0.25, -0.2) is 0 Å². The van der Waals surface area contributed by atoms with Gasteiger partial charge >= 0.3 is 0 Å². The lowest BCUT2D eigenvalue weighted by Gasteiger charge is -2.43. The van der Waals surface area contributed by atoms with E-state index in [0.717, 1.165) is 41.6 Å². The van der Waals surface area contributed by atoms with Crippen LogP contribution in [0.2, 0.25) is 0 Å². The van der Waals surface area contributed by atoms with Gasteiger partial charge in [-0.2, -0.15) is 0 Å². The van der Waals surface area contributed by atoms with Crippen LogP contribution in [0.3, 0.4) is 0 Å². The number of anilines is 1. The van der Waals surface area contributed by atoms with Crippen molar-refractivity contribution in [2.75, 3.05) is 24.6 Å². The third-order valence-corrected chi connectivity index (χ3v) is 7.13. The number of carbonyl (C=O) groups excluding carboxylic acids is 2. The number of thioether (sulfide) groups is 1. The first-order valence-electron chi connectivity index (χ1n) is 11.8. The van der Waals surface area contributed by atoms with Crippen LogP contribution in [0.1, 0.15) is 50.8 Å². The number of aryl methyl sites for hydroxylation is 1. The van der Waals surface area contributed by atoms with Gasteiger partial charge in [0.2, 0.25) is 0 Å². The van der Waals surface area contributed by atoms with Crippen molar-refractivity contribution in [3.63, 3.8) is 0 Å². The molecule has 2 aliphatic rings. The van der Waals surface area contributed by atoms with Crippen LogP contribution in [-0.2, 0) is 4.79 Å². The van der Waals surface area contributed by atoms with E-state index in [9.17, 15) is 9.59 Å². The number of rotatable bonds is 7. The van der Waals surface area contributed by atoms with Crippen LogP contribution >= 0.6 is 11.8 Å². The van der Waals surface area contributed by atoms with Gasteiger partial charge in [0.1, 0.15) is 12.4 Å². The minimum absolute atomic E-state index is 0.0437. The highest BCUT2D eigenvalue weighted by Crippen LogP contribution is 2.40. The number of imide groups is 1. The summed E-state index contributed by atoms with van der Waals surface area (Å²) in [7, 11) is 0. The number of amides is 2. The van der Waals surface area contributed by atoms with Crippen LogP contribution in [0.4, 0.5) is 10.5 Å². The summed E-state index contributed by atoms with van der Waals surface area (Å²) in [5.41, 5.74) is 5.64. The van der Waals surface area contributed by atoms with E-state index in [4.69, 9.17) is 4.74 Å². The summed E-state index contributed by atoms with van der Waals surface area (Å²) >= 11 is 0.989. The maximum absolute atomic E-state index is 12.9. The van der Waals surface area contributed by atoms with Gasteiger partial charge < -0.3 is 9.64 Å². The van der Waals surface area contributed by atoms with Crippen LogP contribution in [0.15, 0.2) is 53.4 Å². The fourth-order valence-corrected chi connectivity index (χ4v) is 5.42. The van der Waals surface area contributed by atoms with E-state index in [-0.39, 0.29) is 29.8 Å². The molecule has 1 saturated heterocycles. The Labute approximate surface area is 206 Å². The van der Waals surface area contributed by atoms with Crippen molar-refractivity contribution in [1.82, 2.24) is 4.90 Å². The maximum Gasteiger partial charge on any atom is 0.293 e. The topological polar surface area (TPSA) is 49.9 Å². The predicted octanol–water partition coefficient (Wildman–Crippen LogP) is 6.52. The molecule has 2 heterocycles. The number of ether oxygens (including phenoxy) is 1. The fourth-order valence-electron chi connectivity index (χ4n) is 4.56. The number of hydrogen-bond acceptors (Lipinski definition) is 5. The number of carbonyl (C=O) groups is 2. The van der Waals surface area contributed by atoms with Gasteiger partial charge in [0.05, 0.1) is 17.0 Å². The summed E-state index contributed by atoms with van der Waals surface area (Å²) in [6.45, 7) is 12.3. The molecule has 4 rings (SSSR count). The van der Waals surface area contributed by atoms with E-state index < -0.39 is 0 Å². The Bertz CT molecular complexity index is 1160. The SMILES string of the molecule is CCCN1c2ccc(/C=C3/SC(=O)N(CCOc4ccc(C)cc4)C3=O)cc2C(C)=CC1(C)C. The molecule has 6 heteroatoms. The number of allylic oxidation sites excluding steroid dienone is 1. The predicted molar refractivity (Wildman–Crippen MR) is 141 cm³/mol. The highest BCUT2D eigenvalue weighted by Gasteiger charge is 2.35. The Balaban J connectivity index is 1.49. The van der Waals surface area contributed by atoms with Crippen molar-refractivity contribution in [3.05, 3.63) is 70.1 Å². The monoisotopic (exact) mass is 476 g/mol. The Morgan fingerprint density at radius 1 is 1.03 bits per heavy atom. The standard InChI is InChI=1S/C28H32N2O3S/c1-6-13-30-24-12-9-21(16-23(24)20(3)18-28(30,4)5)17-25-26(31)29(27(32)34-25)14-15-33-22-10-7-19(2)8-11-22/h7-12,16-18H,6,13-15H2,1-5H3/b25-17+. The molecule has 1 fully saturated rings. The van der Waals surface area contributed by atoms with Gasteiger partial charge in [-0.1, -0.05) is 36.8 Å². The van der Waals surface area contributed by atoms with Crippen molar-refractivity contribution in [3.8, 4) is 5.75 Å². The summed E-state index contributed by atoms with van der Waals surface area (Å²) < 4.78 is 5.71. The molecule has 0 spiro atoms. The second-order valence-corrected chi connectivity index (χ2v) is 10.4. The fraction of sp³-hybridized carbons (Fsp3) is 0.357. The summed E-state index contributed by atoms with van der Waals surface area (Å²) in [4.78, 5) is 29.6. The van der Waals surface area contributed by atoms with Crippen molar-refractivity contribution in [2.45, 2.75) is 46.6 Å². The van der Waals surface area contributed by atoms with Crippen molar-refractivity contribution >= 4 is 40.2 Å². The summed E-state index contributed by atoms with van der Waals surface area (Å²) in [6, 6.07) is 14.0. The third kappa shape index (κ3) is 4.92. The van der Waals surface area contributed by atoms with Crippen LogP contribution in [0, 0.1) is 6.92 Å². The Hall–Kier alpha value is -2.99. The maximum atomic E-state index is 12.9.